The molecule has 1 unspecified atom stereocenters. The highest BCUT2D eigenvalue weighted by atomic mass is 19.4. The van der Waals surface area contributed by atoms with Gasteiger partial charge in [-0.2, -0.15) is 57.1 Å². The van der Waals surface area contributed by atoms with E-state index < -0.39 is 60.7 Å². The number of hydrogen-bond donors (Lipinski definition) is 0. The second-order valence-electron chi connectivity index (χ2n) is 5.33. The smallest absolute Gasteiger partial charge is 0.460 e. The van der Waals surface area contributed by atoms with Gasteiger partial charge in [0.2, 0.25) is 0 Å². The average Bonchev–Trinajstić information content (AvgIpc) is 2.45. The van der Waals surface area contributed by atoms with Crippen LogP contribution in [0.5, 0.6) is 0 Å². The van der Waals surface area contributed by atoms with Crippen LogP contribution in [0.1, 0.15) is 20.3 Å². The number of esters is 1. The van der Waals surface area contributed by atoms with Crippen LogP contribution in [0.4, 0.5) is 57.1 Å². The standard InChI is InChI=1S/C12H11F13O2/c1-3-27-6(26)4-5(2)7(13,14)8(15,16)9(17,18)10(19,20)11(21,22)12(23,24)25/h5H,3-4H2,1-2H3. The summed E-state index contributed by atoms with van der Waals surface area (Å²) in [6, 6.07) is 0. The molecule has 162 valence electrons. The summed E-state index contributed by atoms with van der Waals surface area (Å²) in [5.74, 6) is -42.1. The van der Waals surface area contributed by atoms with Gasteiger partial charge in [-0.25, -0.2) is 0 Å². The zero-order chi connectivity index (χ0) is 22.3. The first-order valence-electron chi connectivity index (χ1n) is 6.74. The molecule has 0 saturated carbocycles. The van der Waals surface area contributed by atoms with Crippen molar-refractivity contribution in [2.75, 3.05) is 6.61 Å². The first-order chi connectivity index (χ1) is 11.6. The first-order valence-corrected chi connectivity index (χ1v) is 6.74. The molecule has 0 aliphatic heterocycles. The molecular formula is C12H11F13O2. The highest BCUT2D eigenvalue weighted by Gasteiger charge is 2.91. The molecule has 0 N–H and O–H groups in total. The number of carbonyl (C=O) groups is 1. The molecule has 0 fully saturated rings. The number of alkyl halides is 13. The summed E-state index contributed by atoms with van der Waals surface area (Å²) in [5, 5.41) is 0. The second-order valence-corrected chi connectivity index (χ2v) is 5.33. The summed E-state index contributed by atoms with van der Waals surface area (Å²) in [4.78, 5) is 11.0. The zero-order valence-corrected chi connectivity index (χ0v) is 13.2. The van der Waals surface area contributed by atoms with E-state index in [1.165, 1.54) is 0 Å². The van der Waals surface area contributed by atoms with Crippen LogP contribution in [0.15, 0.2) is 0 Å². The maximum absolute atomic E-state index is 13.6. The predicted molar refractivity (Wildman–Crippen MR) is 61.2 cm³/mol. The number of hydrogen-bond acceptors (Lipinski definition) is 2. The minimum absolute atomic E-state index is 0.0129. The average molecular weight is 434 g/mol. The van der Waals surface area contributed by atoms with Gasteiger partial charge < -0.3 is 4.74 Å². The third-order valence-corrected chi connectivity index (χ3v) is 3.35. The second kappa shape index (κ2) is 7.18. The third kappa shape index (κ3) is 3.91. The van der Waals surface area contributed by atoms with Crippen LogP contribution in [-0.4, -0.2) is 48.4 Å². The van der Waals surface area contributed by atoms with Crippen molar-refractivity contribution in [3.05, 3.63) is 0 Å². The molecule has 0 rings (SSSR count). The molecule has 0 saturated heterocycles. The summed E-state index contributed by atoms with van der Waals surface area (Å²) in [7, 11) is 0. The van der Waals surface area contributed by atoms with Crippen molar-refractivity contribution in [2.45, 2.75) is 56.1 Å². The van der Waals surface area contributed by atoms with E-state index in [2.05, 4.69) is 4.74 Å². The Morgan fingerprint density at radius 3 is 1.44 bits per heavy atom. The molecular weight excluding hydrogens is 423 g/mol. The van der Waals surface area contributed by atoms with Gasteiger partial charge in [0, 0.05) is 5.92 Å². The summed E-state index contributed by atoms with van der Waals surface area (Å²) in [5.41, 5.74) is 0. The minimum Gasteiger partial charge on any atom is -0.466 e. The molecule has 0 heterocycles. The molecule has 0 radical (unpaired) electrons. The molecule has 1 atom stereocenters. The largest absolute Gasteiger partial charge is 0.466 e. The van der Waals surface area contributed by atoms with Crippen LogP contribution < -0.4 is 0 Å². The molecule has 0 spiro atoms. The summed E-state index contributed by atoms with van der Waals surface area (Å²) >= 11 is 0. The number of halogens is 13. The zero-order valence-electron chi connectivity index (χ0n) is 13.2. The van der Waals surface area contributed by atoms with Crippen molar-refractivity contribution in [3.8, 4) is 0 Å². The SMILES string of the molecule is CCOC(=O)CC(C)C(F)(F)C(F)(F)C(F)(F)C(F)(F)C(F)(F)C(F)(F)F. The molecule has 0 aliphatic rings. The van der Waals surface area contributed by atoms with Gasteiger partial charge in [-0.3, -0.25) is 4.79 Å². The molecule has 0 amide bonds. The van der Waals surface area contributed by atoms with Crippen LogP contribution in [0.2, 0.25) is 0 Å². The van der Waals surface area contributed by atoms with Gasteiger partial charge in [-0.05, 0) is 6.92 Å². The Kier molecular flexibility index (Phi) is 6.80. The van der Waals surface area contributed by atoms with Crippen molar-refractivity contribution in [1.82, 2.24) is 0 Å². The lowest BCUT2D eigenvalue weighted by Crippen LogP contribution is -2.70. The number of ether oxygens (including phenoxy) is 1. The lowest BCUT2D eigenvalue weighted by atomic mass is 9.87. The summed E-state index contributed by atoms with van der Waals surface area (Å²) in [6.45, 7) is 0.643. The van der Waals surface area contributed by atoms with Crippen molar-refractivity contribution >= 4 is 5.97 Å². The molecule has 27 heavy (non-hydrogen) atoms. The van der Waals surface area contributed by atoms with Crippen molar-refractivity contribution in [3.63, 3.8) is 0 Å². The van der Waals surface area contributed by atoms with Gasteiger partial charge in [0.15, 0.2) is 0 Å². The van der Waals surface area contributed by atoms with Crippen LogP contribution >= 0.6 is 0 Å². The molecule has 2 nitrogen and oxygen atoms in total. The van der Waals surface area contributed by atoms with Crippen LogP contribution in [0, 0.1) is 5.92 Å². The van der Waals surface area contributed by atoms with E-state index >= 15 is 0 Å². The van der Waals surface area contributed by atoms with Gasteiger partial charge in [0.25, 0.3) is 0 Å². The Morgan fingerprint density at radius 1 is 0.741 bits per heavy atom. The Hall–Kier alpha value is -1.44. The highest BCUT2D eigenvalue weighted by Crippen LogP contribution is 2.61. The maximum Gasteiger partial charge on any atom is 0.460 e. The fourth-order valence-corrected chi connectivity index (χ4v) is 1.69. The predicted octanol–water partition coefficient (Wildman–Crippen LogP) is 5.31. The van der Waals surface area contributed by atoms with Crippen LogP contribution in [-0.2, 0) is 9.53 Å². The van der Waals surface area contributed by atoms with Gasteiger partial charge in [-0.15, -0.1) is 0 Å². The Bertz CT molecular complexity index is 538. The molecule has 0 bridgehead atoms. The van der Waals surface area contributed by atoms with E-state index in [0.29, 0.717) is 0 Å². The molecule has 0 aromatic carbocycles. The summed E-state index contributed by atoms with van der Waals surface area (Å²) < 4.78 is 172. The fraction of sp³-hybridized carbons (Fsp3) is 0.917. The Morgan fingerprint density at radius 2 is 1.11 bits per heavy atom. The highest BCUT2D eigenvalue weighted by molar-refractivity contribution is 5.69. The van der Waals surface area contributed by atoms with Gasteiger partial charge in [0.1, 0.15) is 0 Å². The minimum atomic E-state index is -7.95. The lowest BCUT2D eigenvalue weighted by Gasteiger charge is -2.41. The molecule has 0 aromatic heterocycles. The topological polar surface area (TPSA) is 26.3 Å². The quantitative estimate of drug-likeness (QED) is 0.382. The number of carbonyl (C=O) groups excluding carboxylic acids is 1. The fourth-order valence-electron chi connectivity index (χ4n) is 1.69. The first kappa shape index (κ1) is 25.6. The Labute approximate surface area is 142 Å². The molecule has 15 heteroatoms. The van der Waals surface area contributed by atoms with E-state index in [9.17, 15) is 61.9 Å². The monoisotopic (exact) mass is 434 g/mol. The van der Waals surface area contributed by atoms with E-state index in [1.54, 1.807) is 0 Å². The third-order valence-electron chi connectivity index (χ3n) is 3.35. The van der Waals surface area contributed by atoms with Crippen molar-refractivity contribution in [2.24, 2.45) is 5.92 Å². The normalized spacial score (nSPS) is 16.3. The summed E-state index contributed by atoms with van der Waals surface area (Å²) in [6.07, 6.45) is -9.20. The van der Waals surface area contributed by atoms with E-state index in [4.69, 9.17) is 0 Å². The van der Waals surface area contributed by atoms with E-state index in [1.807, 2.05) is 0 Å². The van der Waals surface area contributed by atoms with Crippen LogP contribution in [0.25, 0.3) is 0 Å². The maximum atomic E-state index is 13.6. The van der Waals surface area contributed by atoms with E-state index in [-0.39, 0.29) is 6.92 Å². The van der Waals surface area contributed by atoms with Gasteiger partial charge in [0.05, 0.1) is 13.0 Å². The van der Waals surface area contributed by atoms with Crippen LogP contribution in [0.3, 0.4) is 0 Å². The van der Waals surface area contributed by atoms with Crippen molar-refractivity contribution in [1.29, 1.82) is 0 Å². The van der Waals surface area contributed by atoms with Gasteiger partial charge >= 0.3 is 41.8 Å². The molecule has 0 aliphatic carbocycles. The molecule has 0 aromatic rings. The Balaban J connectivity index is 6.11. The van der Waals surface area contributed by atoms with Crippen molar-refractivity contribution < 1.29 is 66.6 Å². The number of rotatable bonds is 8. The van der Waals surface area contributed by atoms with E-state index in [0.717, 1.165) is 6.92 Å². The lowest BCUT2D eigenvalue weighted by molar-refractivity contribution is -0.442. The van der Waals surface area contributed by atoms with Gasteiger partial charge in [-0.1, -0.05) is 6.92 Å².